The molecule has 0 amide bonds. The predicted octanol–water partition coefficient (Wildman–Crippen LogP) is 16.9. The number of aromatic amines is 2. The molecule has 2 aromatic heterocycles. The number of nitrogens with one attached hydrogen (secondary N) is 5. The number of aryl methyl sites for hydroxylation is 1. The van der Waals surface area contributed by atoms with Crippen molar-refractivity contribution < 1.29 is 56.8 Å². The van der Waals surface area contributed by atoms with Crippen molar-refractivity contribution in [3.63, 3.8) is 0 Å². The first-order valence-electron chi connectivity index (χ1n) is 42.6. The highest BCUT2D eigenvalue weighted by Gasteiger charge is 2.32. The largest absolute Gasteiger partial charge is 0.490 e. The number of ether oxygens (including phenoxy) is 12. The van der Waals surface area contributed by atoms with Crippen molar-refractivity contribution in [2.75, 3.05) is 154 Å². The van der Waals surface area contributed by atoms with Gasteiger partial charge < -0.3 is 97.5 Å². The van der Waals surface area contributed by atoms with E-state index in [0.29, 0.717) is 50.8 Å². The van der Waals surface area contributed by atoms with Gasteiger partial charge in [0.15, 0.2) is 0 Å². The van der Waals surface area contributed by atoms with Crippen LogP contribution in [-0.4, -0.2) is 173 Å². The number of hydrogen-bond donors (Lipinski definition) is 5. The molecule has 0 unspecified atom stereocenters. The monoisotopic (exact) mass is 1610 g/mol. The second kappa shape index (κ2) is 43.0. The Labute approximate surface area is 701 Å². The number of piperidine rings is 3. The topological polar surface area (TPSA) is 201 Å². The van der Waals surface area contributed by atoms with E-state index in [1.165, 1.54) is 38.9 Å². The van der Waals surface area contributed by atoms with Crippen LogP contribution in [0.3, 0.4) is 0 Å². The summed E-state index contributed by atoms with van der Waals surface area (Å²) in [5.74, 6) is 7.37. The van der Waals surface area contributed by atoms with Crippen molar-refractivity contribution in [2.24, 2.45) is 0 Å². The Kier molecular flexibility index (Phi) is 30.2. The third-order valence-electron chi connectivity index (χ3n) is 23.4. The Morgan fingerprint density at radius 2 is 0.857 bits per heavy atom. The number of fused-ring (bicyclic) bond motifs is 4. The molecule has 6 aliphatic heterocycles. The molecule has 21 nitrogen and oxygen atoms in total. The van der Waals surface area contributed by atoms with Crippen LogP contribution in [0.4, 0.5) is 17.1 Å². The summed E-state index contributed by atoms with van der Waals surface area (Å²) >= 11 is 0. The van der Waals surface area contributed by atoms with Crippen molar-refractivity contribution in [3.8, 4) is 51.5 Å². The summed E-state index contributed by atoms with van der Waals surface area (Å²) in [5, 5.41) is 11.7. The highest BCUT2D eigenvalue weighted by molar-refractivity contribution is 5.89. The number of para-hydroxylation sites is 1. The molecular weight excluding hydrogens is 1500 g/mol. The van der Waals surface area contributed by atoms with Crippen LogP contribution in [0.5, 0.6) is 40.2 Å². The van der Waals surface area contributed by atoms with Gasteiger partial charge in [0.25, 0.3) is 0 Å². The fourth-order valence-corrected chi connectivity index (χ4v) is 17.0. The standard InChI is InChI=1S/C34H40N4O4.C34H41N3O4.C30H36N2O4/c1-39-16-3-14-38-15-17-40-33-11-8-26(18-32(33)38)23-42-34-21-35-13-12-30(34)27-9-6-25(7-10-27)22-41-29-5-2-4-28(19-29)31-20-36-24-37-31;1-24-20-36-29-5-3-6-32(34(24)29)40-22-25-7-10-27(11-8-25)28-13-14-35-21-33(28)41-23-26-9-12-31-30(19-26)37(16-18-39-31)15-4-17-38-2;1-33-18-5-16-32-17-19-34-29-13-8-23(20-28(29)32)22-35-30-21-31-15-14-27(30)24-9-11-26(12-10-24)36-25-6-3-2-4-7-25/h2,4-11,18-20,24,30,34-35H,3,12-17,21-23H2,1H3,(H,36,37);3,5-12,19-20,28,33,35-36H,4,13-18,21-23H2,1-2H3;2-4,6-13,20,27,30-31H,5,14-19,21-22H2,1H3/t30-,34+;28-,33+;27-,30+/m111/s1. The lowest BCUT2D eigenvalue weighted by Gasteiger charge is -2.33. The molecule has 0 saturated carbocycles. The van der Waals surface area contributed by atoms with Gasteiger partial charge >= 0.3 is 0 Å². The summed E-state index contributed by atoms with van der Waals surface area (Å²) in [6, 6.07) is 69.6. The van der Waals surface area contributed by atoms with E-state index in [-0.39, 0.29) is 18.3 Å². The zero-order valence-corrected chi connectivity index (χ0v) is 69.4. The molecule has 3 fully saturated rings. The van der Waals surface area contributed by atoms with E-state index in [0.717, 1.165) is 247 Å². The molecule has 11 aromatic rings. The lowest BCUT2D eigenvalue weighted by molar-refractivity contribution is 0.0105. The van der Waals surface area contributed by atoms with E-state index >= 15 is 0 Å². The zero-order chi connectivity index (χ0) is 81.2. The van der Waals surface area contributed by atoms with Crippen molar-refractivity contribution in [3.05, 3.63) is 269 Å². The quantitative estimate of drug-likeness (QED) is 0.0243. The van der Waals surface area contributed by atoms with Crippen LogP contribution in [0.2, 0.25) is 0 Å². The van der Waals surface area contributed by atoms with E-state index in [1.54, 1.807) is 27.7 Å². The van der Waals surface area contributed by atoms with Gasteiger partial charge in [-0.05, 0) is 200 Å². The van der Waals surface area contributed by atoms with Crippen molar-refractivity contribution in [1.82, 2.24) is 30.9 Å². The van der Waals surface area contributed by atoms with E-state index < -0.39 is 0 Å². The number of aromatic nitrogens is 3. The number of nitrogens with zero attached hydrogens (tertiary/aromatic N) is 4. The third kappa shape index (κ3) is 22.7. The van der Waals surface area contributed by atoms with Gasteiger partial charge in [0, 0.05) is 121 Å². The lowest BCUT2D eigenvalue weighted by atomic mass is 9.87. The van der Waals surface area contributed by atoms with E-state index in [9.17, 15) is 0 Å². The number of rotatable bonds is 33. The van der Waals surface area contributed by atoms with E-state index in [2.05, 4.69) is 186 Å². The van der Waals surface area contributed by atoms with Gasteiger partial charge in [-0.3, -0.25) is 0 Å². The molecule has 0 bridgehead atoms. The van der Waals surface area contributed by atoms with Crippen LogP contribution in [0.15, 0.2) is 219 Å². The minimum atomic E-state index is 0.108. The normalized spacial score (nSPS) is 18.8. The van der Waals surface area contributed by atoms with Crippen molar-refractivity contribution in [2.45, 2.75) is 115 Å². The SMILES string of the molecule is COCCCN1CCOc2ccc(CO[C@H]3CNCC[C@@H]3c3ccc(COc4cccc(-c5cnc[nH]5)c4)cc3)cc21.COCCCN1CCOc2ccc(CO[C@H]3CNCC[C@@H]3c3ccc(COc4cccc5[nH]cc(C)c45)cc3)cc21.COCCCN1CCOc2ccc(CO[C@H]3CNCC[C@@H]3c3ccc(Oc4ccccc4)cc3)cc21. The summed E-state index contributed by atoms with van der Waals surface area (Å²) < 4.78 is 71.5. The Bertz CT molecular complexity index is 4900. The first kappa shape index (κ1) is 83.6. The summed E-state index contributed by atoms with van der Waals surface area (Å²) in [6.07, 6.45) is 12.0. The summed E-state index contributed by atoms with van der Waals surface area (Å²) in [5.41, 5.74) is 17.6. The fraction of sp³-hybridized carbons (Fsp3) is 0.398. The lowest BCUT2D eigenvalue weighted by Crippen LogP contribution is -2.41. The molecule has 17 rings (SSSR count). The number of benzene rings is 9. The fourth-order valence-electron chi connectivity index (χ4n) is 17.0. The average molecular weight is 1610 g/mol. The molecule has 0 aliphatic carbocycles. The van der Waals surface area contributed by atoms with Crippen LogP contribution < -0.4 is 59.1 Å². The van der Waals surface area contributed by atoms with Crippen LogP contribution >= 0.6 is 0 Å². The maximum atomic E-state index is 6.57. The van der Waals surface area contributed by atoms with Gasteiger partial charge in [-0.25, -0.2) is 4.98 Å². The number of H-pyrrole nitrogens is 2. The van der Waals surface area contributed by atoms with Gasteiger partial charge in [0.05, 0.1) is 93.0 Å². The summed E-state index contributed by atoms with van der Waals surface area (Å²) in [4.78, 5) is 17.8. The molecule has 626 valence electrons. The van der Waals surface area contributed by atoms with Crippen molar-refractivity contribution >= 4 is 28.0 Å². The van der Waals surface area contributed by atoms with E-state index in [1.807, 2.05) is 79.1 Å². The Morgan fingerprint density at radius 1 is 0.420 bits per heavy atom. The van der Waals surface area contributed by atoms with Gasteiger partial charge in [-0.15, -0.1) is 0 Å². The van der Waals surface area contributed by atoms with E-state index in [4.69, 9.17) is 56.8 Å². The number of imidazole rings is 1. The average Bonchev–Trinajstić information content (AvgIpc) is 1.70. The number of anilines is 3. The molecule has 5 N–H and O–H groups in total. The molecule has 119 heavy (non-hydrogen) atoms. The van der Waals surface area contributed by atoms with Crippen LogP contribution in [0.25, 0.3) is 22.2 Å². The van der Waals surface area contributed by atoms with Gasteiger partial charge in [0.1, 0.15) is 73.3 Å². The van der Waals surface area contributed by atoms with Crippen molar-refractivity contribution in [1.29, 1.82) is 0 Å². The Morgan fingerprint density at radius 3 is 1.32 bits per heavy atom. The van der Waals surface area contributed by atoms with Gasteiger partial charge in [-0.2, -0.15) is 0 Å². The van der Waals surface area contributed by atoms with Crippen LogP contribution in [-0.2, 0) is 61.5 Å². The molecule has 21 heteroatoms. The number of methoxy groups -OCH3 is 3. The van der Waals surface area contributed by atoms with Crippen LogP contribution in [0.1, 0.15) is 106 Å². The maximum absolute atomic E-state index is 6.57. The first-order valence-corrected chi connectivity index (χ1v) is 42.6. The summed E-state index contributed by atoms with van der Waals surface area (Å²) in [7, 11) is 5.26. The smallest absolute Gasteiger partial charge is 0.142 e. The third-order valence-corrected chi connectivity index (χ3v) is 23.4. The molecule has 6 atom stereocenters. The Hall–Kier alpha value is -10.4. The second-order valence-corrected chi connectivity index (χ2v) is 31.5. The maximum Gasteiger partial charge on any atom is 0.142 e. The molecule has 0 spiro atoms. The summed E-state index contributed by atoms with van der Waals surface area (Å²) in [6.45, 7) is 20.5. The minimum absolute atomic E-state index is 0.108. The molecule has 0 radical (unpaired) electrons. The molecule has 6 aliphatic rings. The Balaban J connectivity index is 0.000000140. The van der Waals surface area contributed by atoms with Gasteiger partial charge in [-0.1, -0.05) is 115 Å². The molecular formula is C98H117N9O12. The highest BCUT2D eigenvalue weighted by Crippen LogP contribution is 2.40. The zero-order valence-electron chi connectivity index (χ0n) is 69.4. The number of hydrogen-bond acceptors (Lipinski definition) is 19. The van der Waals surface area contributed by atoms with Crippen LogP contribution in [0, 0.1) is 6.92 Å². The second-order valence-electron chi connectivity index (χ2n) is 31.5. The highest BCUT2D eigenvalue weighted by atomic mass is 16.5. The van der Waals surface area contributed by atoms with Gasteiger partial charge in [0.2, 0.25) is 0 Å². The first-order chi connectivity index (χ1) is 58.8. The predicted molar refractivity (Wildman–Crippen MR) is 470 cm³/mol. The molecule has 9 aromatic carbocycles. The minimum Gasteiger partial charge on any atom is -0.490 e. The molecule has 8 heterocycles. The molecule has 3 saturated heterocycles.